The van der Waals surface area contributed by atoms with Crippen molar-refractivity contribution in [3.63, 3.8) is 0 Å². The zero-order chi connectivity index (χ0) is 19.2. The largest absolute Gasteiger partial charge is 0.348 e. The van der Waals surface area contributed by atoms with Gasteiger partial charge in [-0.3, -0.25) is 9.78 Å². The number of rotatable bonds is 4. The Labute approximate surface area is 154 Å². The number of hydrogen-bond acceptors (Lipinski definition) is 3. The molecular formula is C19H18F2N4O2. The lowest BCUT2D eigenvalue weighted by Gasteiger charge is -2.37. The van der Waals surface area contributed by atoms with Crippen LogP contribution in [0.15, 0.2) is 36.7 Å². The number of benzene rings is 1. The van der Waals surface area contributed by atoms with Crippen LogP contribution in [0.4, 0.5) is 19.3 Å². The molecular weight excluding hydrogens is 354 g/mol. The van der Waals surface area contributed by atoms with Crippen LogP contribution in [-0.4, -0.2) is 28.4 Å². The fraction of sp³-hybridized carbons (Fsp3) is 0.316. The predicted octanol–water partition coefficient (Wildman–Crippen LogP) is 3.07. The molecule has 1 saturated carbocycles. The summed E-state index contributed by atoms with van der Waals surface area (Å²) in [4.78, 5) is 30.6. The molecule has 4 rings (SSSR count). The summed E-state index contributed by atoms with van der Waals surface area (Å²) in [5.41, 5.74) is 1.29. The van der Waals surface area contributed by atoms with Crippen molar-refractivity contribution in [2.45, 2.75) is 31.3 Å². The number of halogens is 2. The van der Waals surface area contributed by atoms with Crippen LogP contribution in [0.2, 0.25) is 0 Å². The number of nitrogens with zero attached hydrogens (tertiary/aromatic N) is 2. The van der Waals surface area contributed by atoms with Gasteiger partial charge < -0.3 is 15.5 Å². The number of carbonyl (C=O) groups is 2. The van der Waals surface area contributed by atoms with E-state index in [1.165, 1.54) is 11.0 Å². The Kier molecular flexibility index (Phi) is 4.05. The average molecular weight is 372 g/mol. The van der Waals surface area contributed by atoms with Crippen molar-refractivity contribution in [1.29, 1.82) is 0 Å². The summed E-state index contributed by atoms with van der Waals surface area (Å²) in [6.45, 7) is 1.45. The van der Waals surface area contributed by atoms with E-state index in [1.54, 1.807) is 25.4 Å². The molecule has 0 saturated heterocycles. The number of amides is 3. The smallest absolute Gasteiger partial charge is 0.323 e. The Morgan fingerprint density at radius 1 is 1.37 bits per heavy atom. The SMILES string of the molecule is C[C@H](NC(=O)CN1C(=O)Nc2ccncc2C12CC2)c1ccc(F)cc1F. The van der Waals surface area contributed by atoms with E-state index < -0.39 is 29.1 Å². The van der Waals surface area contributed by atoms with Crippen LogP contribution in [0.25, 0.3) is 0 Å². The lowest BCUT2D eigenvalue weighted by molar-refractivity contribution is -0.123. The molecule has 2 aliphatic rings. The molecule has 27 heavy (non-hydrogen) atoms. The molecule has 0 bridgehead atoms. The number of hydrogen-bond donors (Lipinski definition) is 2. The number of fused-ring (bicyclic) bond motifs is 2. The summed E-state index contributed by atoms with van der Waals surface area (Å²) >= 11 is 0. The normalized spacial score (nSPS) is 17.9. The highest BCUT2D eigenvalue weighted by Gasteiger charge is 2.55. The Morgan fingerprint density at radius 2 is 2.15 bits per heavy atom. The van der Waals surface area contributed by atoms with Gasteiger partial charge in [-0.25, -0.2) is 13.6 Å². The fourth-order valence-corrected chi connectivity index (χ4v) is 3.64. The lowest BCUT2D eigenvalue weighted by atomic mass is 10.0. The first kappa shape index (κ1) is 17.4. The molecule has 3 amide bonds. The summed E-state index contributed by atoms with van der Waals surface area (Å²) in [6, 6.07) is 3.95. The summed E-state index contributed by atoms with van der Waals surface area (Å²) in [5.74, 6) is -1.82. The maximum absolute atomic E-state index is 13.9. The number of pyridine rings is 1. The molecule has 2 N–H and O–H groups in total. The zero-order valence-corrected chi connectivity index (χ0v) is 14.6. The molecule has 1 atom stereocenters. The highest BCUT2D eigenvalue weighted by molar-refractivity contribution is 5.96. The van der Waals surface area contributed by atoms with E-state index in [9.17, 15) is 18.4 Å². The number of anilines is 1. The van der Waals surface area contributed by atoms with E-state index >= 15 is 0 Å². The molecule has 2 aromatic rings. The third kappa shape index (κ3) is 3.01. The highest BCUT2D eigenvalue weighted by Crippen LogP contribution is 2.55. The van der Waals surface area contributed by atoms with Crippen molar-refractivity contribution in [1.82, 2.24) is 15.2 Å². The van der Waals surface area contributed by atoms with Crippen molar-refractivity contribution >= 4 is 17.6 Å². The summed E-state index contributed by atoms with van der Waals surface area (Å²) < 4.78 is 27.0. The van der Waals surface area contributed by atoms with Crippen molar-refractivity contribution < 1.29 is 18.4 Å². The number of urea groups is 1. The van der Waals surface area contributed by atoms with Crippen molar-refractivity contribution in [2.75, 3.05) is 11.9 Å². The summed E-state index contributed by atoms with van der Waals surface area (Å²) in [7, 11) is 0. The standard InChI is InChI=1S/C19H18F2N4O2/c1-11(13-3-2-12(20)8-15(13)21)23-17(26)10-25-18(27)24-16-4-7-22-9-14(16)19(25)5-6-19/h2-4,7-9,11H,5-6,10H2,1H3,(H,23,26)(H,24,27)/t11-/m0/s1. The molecule has 8 heteroatoms. The van der Waals surface area contributed by atoms with Gasteiger partial charge in [0, 0.05) is 29.6 Å². The average Bonchev–Trinajstić information content (AvgIpc) is 3.40. The van der Waals surface area contributed by atoms with Crippen LogP contribution < -0.4 is 10.6 Å². The van der Waals surface area contributed by atoms with Gasteiger partial charge in [0.25, 0.3) is 0 Å². The number of nitrogens with one attached hydrogen (secondary N) is 2. The Morgan fingerprint density at radius 3 is 2.85 bits per heavy atom. The van der Waals surface area contributed by atoms with Crippen LogP contribution in [0, 0.1) is 11.6 Å². The van der Waals surface area contributed by atoms with Crippen molar-refractivity contribution in [3.8, 4) is 0 Å². The van der Waals surface area contributed by atoms with Crippen LogP contribution in [0.1, 0.15) is 36.9 Å². The van der Waals surface area contributed by atoms with Crippen molar-refractivity contribution in [3.05, 3.63) is 59.4 Å². The predicted molar refractivity (Wildman–Crippen MR) is 93.8 cm³/mol. The Bertz CT molecular complexity index is 930. The van der Waals surface area contributed by atoms with Gasteiger partial charge in [0.05, 0.1) is 17.3 Å². The number of carbonyl (C=O) groups excluding carboxylic acids is 2. The van der Waals surface area contributed by atoms with E-state index in [4.69, 9.17) is 0 Å². The van der Waals surface area contributed by atoms with Crippen LogP contribution in [-0.2, 0) is 10.3 Å². The monoisotopic (exact) mass is 372 g/mol. The molecule has 1 aromatic heterocycles. The Balaban J connectivity index is 1.49. The summed E-state index contributed by atoms with van der Waals surface area (Å²) in [5, 5.41) is 5.45. The third-order valence-electron chi connectivity index (χ3n) is 5.16. The maximum atomic E-state index is 13.9. The van der Waals surface area contributed by atoms with Crippen LogP contribution >= 0.6 is 0 Å². The second kappa shape index (κ2) is 6.29. The van der Waals surface area contributed by atoms with Gasteiger partial charge in [-0.15, -0.1) is 0 Å². The summed E-state index contributed by atoms with van der Waals surface area (Å²) in [6.07, 6.45) is 4.84. The second-order valence-corrected chi connectivity index (χ2v) is 6.92. The minimum Gasteiger partial charge on any atom is -0.348 e. The van der Waals surface area contributed by atoms with Crippen LogP contribution in [0.3, 0.4) is 0 Å². The molecule has 1 aliphatic carbocycles. The van der Waals surface area contributed by atoms with Gasteiger partial charge in [-0.05, 0) is 31.9 Å². The van der Waals surface area contributed by atoms with Gasteiger partial charge in [0.1, 0.15) is 18.2 Å². The number of aromatic nitrogens is 1. The van der Waals surface area contributed by atoms with E-state index in [0.29, 0.717) is 5.69 Å². The van der Waals surface area contributed by atoms with Gasteiger partial charge in [0.15, 0.2) is 0 Å². The molecule has 1 fully saturated rings. The van der Waals surface area contributed by atoms with Gasteiger partial charge in [-0.2, -0.15) is 0 Å². The first-order chi connectivity index (χ1) is 12.9. The molecule has 0 unspecified atom stereocenters. The minimum atomic E-state index is -0.725. The fourth-order valence-electron chi connectivity index (χ4n) is 3.64. The third-order valence-corrected chi connectivity index (χ3v) is 5.16. The quantitative estimate of drug-likeness (QED) is 0.866. The first-order valence-corrected chi connectivity index (χ1v) is 8.68. The van der Waals surface area contributed by atoms with E-state index in [2.05, 4.69) is 15.6 Å². The molecule has 6 nitrogen and oxygen atoms in total. The van der Waals surface area contributed by atoms with Gasteiger partial charge >= 0.3 is 6.03 Å². The maximum Gasteiger partial charge on any atom is 0.323 e. The Hall–Kier alpha value is -3.03. The lowest BCUT2D eigenvalue weighted by Crippen LogP contribution is -2.51. The molecule has 2 heterocycles. The van der Waals surface area contributed by atoms with E-state index in [1.807, 2.05) is 0 Å². The van der Waals surface area contributed by atoms with Gasteiger partial charge in [0.2, 0.25) is 5.91 Å². The first-order valence-electron chi connectivity index (χ1n) is 8.68. The van der Waals surface area contributed by atoms with Crippen LogP contribution in [0.5, 0.6) is 0 Å². The topological polar surface area (TPSA) is 74.3 Å². The molecule has 1 aliphatic heterocycles. The van der Waals surface area contributed by atoms with E-state index in [-0.39, 0.29) is 18.1 Å². The molecule has 1 aromatic carbocycles. The minimum absolute atomic E-state index is 0.159. The molecule has 140 valence electrons. The molecule has 0 radical (unpaired) electrons. The molecule has 1 spiro atoms. The second-order valence-electron chi connectivity index (χ2n) is 6.92. The highest BCUT2D eigenvalue weighted by atomic mass is 19.1. The van der Waals surface area contributed by atoms with Crippen molar-refractivity contribution in [2.24, 2.45) is 0 Å². The van der Waals surface area contributed by atoms with E-state index in [0.717, 1.165) is 30.5 Å². The zero-order valence-electron chi connectivity index (χ0n) is 14.6. The van der Waals surface area contributed by atoms with Gasteiger partial charge in [-0.1, -0.05) is 6.07 Å².